The lowest BCUT2D eigenvalue weighted by molar-refractivity contribution is 0.00578. The van der Waals surface area contributed by atoms with Gasteiger partial charge in [0.05, 0.1) is 16.7 Å². The number of benzene rings is 1. The zero-order valence-corrected chi connectivity index (χ0v) is 13.0. The third kappa shape index (κ3) is 2.32. The van der Waals surface area contributed by atoms with Crippen molar-refractivity contribution < 1.29 is 9.31 Å². The van der Waals surface area contributed by atoms with Gasteiger partial charge in [0.15, 0.2) is 0 Å². The Morgan fingerprint density at radius 2 is 1.55 bits per heavy atom. The van der Waals surface area contributed by atoms with Gasteiger partial charge in [0.2, 0.25) is 0 Å². The van der Waals surface area contributed by atoms with E-state index in [2.05, 4.69) is 44.8 Å². The highest BCUT2D eigenvalue weighted by atomic mass is 35.5. The summed E-state index contributed by atoms with van der Waals surface area (Å²) in [5.74, 6) is 0. The van der Waals surface area contributed by atoms with Crippen LogP contribution in [0.2, 0.25) is 0 Å². The van der Waals surface area contributed by atoms with Crippen molar-refractivity contribution in [2.45, 2.75) is 38.9 Å². The van der Waals surface area contributed by atoms with E-state index in [1.807, 2.05) is 18.2 Å². The summed E-state index contributed by atoms with van der Waals surface area (Å²) in [6.45, 7) is 8.24. The van der Waals surface area contributed by atoms with Crippen molar-refractivity contribution in [1.29, 1.82) is 0 Å². The van der Waals surface area contributed by atoms with Gasteiger partial charge in [-0.25, -0.2) is 0 Å². The first-order valence-electron chi connectivity index (χ1n) is 6.60. The van der Waals surface area contributed by atoms with Crippen LogP contribution in [0.25, 0.3) is 10.9 Å². The molecule has 0 spiro atoms. The molecule has 0 bridgehead atoms. The first-order valence-corrected chi connectivity index (χ1v) is 6.60. The molecule has 2 heterocycles. The number of fused-ring (bicyclic) bond motifs is 1. The summed E-state index contributed by atoms with van der Waals surface area (Å²) in [6.07, 6.45) is 1.80. The van der Waals surface area contributed by atoms with Gasteiger partial charge in [-0.15, -0.1) is 12.4 Å². The van der Waals surface area contributed by atoms with Crippen LogP contribution < -0.4 is 5.46 Å². The lowest BCUT2D eigenvalue weighted by Gasteiger charge is -2.32. The molecule has 2 aromatic rings. The molecule has 0 N–H and O–H groups in total. The topological polar surface area (TPSA) is 31.4 Å². The molecule has 1 aromatic heterocycles. The molecule has 1 aliphatic heterocycles. The van der Waals surface area contributed by atoms with Crippen molar-refractivity contribution in [2.75, 3.05) is 0 Å². The Balaban J connectivity index is 0.00000147. The molecule has 3 rings (SSSR count). The predicted octanol–water partition coefficient (Wildman–Crippen LogP) is 2.96. The molecule has 1 saturated heterocycles. The number of pyridine rings is 1. The van der Waals surface area contributed by atoms with Crippen molar-refractivity contribution >= 4 is 35.9 Å². The first kappa shape index (κ1) is 15.3. The quantitative estimate of drug-likeness (QED) is 0.757. The standard InChI is InChI=1S/C15H18BNO2.ClH/c1-14(2)15(3,4)19-16(18-14)12-9-5-7-11-8-6-10-17-13(11)12;/h5-10H,1-4H3;1H. The summed E-state index contributed by atoms with van der Waals surface area (Å²) < 4.78 is 12.2. The highest BCUT2D eigenvalue weighted by molar-refractivity contribution is 6.64. The summed E-state index contributed by atoms with van der Waals surface area (Å²) in [4.78, 5) is 4.46. The number of hydrogen-bond donors (Lipinski definition) is 0. The maximum absolute atomic E-state index is 6.10. The van der Waals surface area contributed by atoms with Crippen molar-refractivity contribution in [3.8, 4) is 0 Å². The number of halogens is 1. The van der Waals surface area contributed by atoms with Crippen LogP contribution in [0.4, 0.5) is 0 Å². The molecule has 20 heavy (non-hydrogen) atoms. The average molecular weight is 292 g/mol. The van der Waals surface area contributed by atoms with Gasteiger partial charge in [-0.05, 0) is 39.1 Å². The Hall–Kier alpha value is -1.10. The van der Waals surface area contributed by atoms with Gasteiger partial charge in [-0.3, -0.25) is 4.98 Å². The summed E-state index contributed by atoms with van der Waals surface area (Å²) in [5.41, 5.74) is 1.30. The van der Waals surface area contributed by atoms with Crippen LogP contribution in [0.3, 0.4) is 0 Å². The van der Waals surface area contributed by atoms with Crippen LogP contribution in [0.1, 0.15) is 27.7 Å². The van der Waals surface area contributed by atoms with Crippen LogP contribution in [0, 0.1) is 0 Å². The predicted molar refractivity (Wildman–Crippen MR) is 84.7 cm³/mol. The summed E-state index contributed by atoms with van der Waals surface area (Å²) in [7, 11) is -0.358. The number of rotatable bonds is 1. The Labute approximate surface area is 126 Å². The van der Waals surface area contributed by atoms with Gasteiger partial charge >= 0.3 is 7.12 Å². The summed E-state index contributed by atoms with van der Waals surface area (Å²) in [6, 6.07) is 10.1. The van der Waals surface area contributed by atoms with Crippen molar-refractivity contribution in [3.05, 3.63) is 36.5 Å². The Morgan fingerprint density at radius 3 is 2.20 bits per heavy atom. The van der Waals surface area contributed by atoms with E-state index in [0.717, 1.165) is 16.4 Å². The second kappa shape index (κ2) is 5.03. The van der Waals surface area contributed by atoms with Crippen LogP contribution in [-0.2, 0) is 9.31 Å². The molecular weight excluding hydrogens is 272 g/mol. The summed E-state index contributed by atoms with van der Waals surface area (Å²) >= 11 is 0. The zero-order chi connectivity index (χ0) is 13.7. The fourth-order valence-corrected chi connectivity index (χ4v) is 2.29. The molecule has 0 aliphatic carbocycles. The van der Waals surface area contributed by atoms with Crippen molar-refractivity contribution in [3.63, 3.8) is 0 Å². The molecule has 1 aliphatic rings. The fourth-order valence-electron chi connectivity index (χ4n) is 2.29. The lowest BCUT2D eigenvalue weighted by Crippen LogP contribution is -2.41. The zero-order valence-electron chi connectivity index (χ0n) is 12.2. The highest BCUT2D eigenvalue weighted by Gasteiger charge is 2.52. The Bertz CT molecular complexity index is 609. The minimum Gasteiger partial charge on any atom is -0.399 e. The molecular formula is C15H19BClNO2. The van der Waals surface area contributed by atoms with E-state index in [-0.39, 0.29) is 30.7 Å². The Morgan fingerprint density at radius 1 is 0.950 bits per heavy atom. The number of aromatic nitrogens is 1. The minimum absolute atomic E-state index is 0. The molecule has 0 atom stereocenters. The van der Waals surface area contributed by atoms with E-state index in [1.165, 1.54) is 0 Å². The number of hydrogen-bond acceptors (Lipinski definition) is 3. The fraction of sp³-hybridized carbons (Fsp3) is 0.400. The number of para-hydroxylation sites is 1. The summed E-state index contributed by atoms with van der Waals surface area (Å²) in [5, 5.41) is 1.11. The highest BCUT2D eigenvalue weighted by Crippen LogP contribution is 2.36. The average Bonchev–Trinajstić information content (AvgIpc) is 2.58. The first-order chi connectivity index (χ1) is 8.91. The van der Waals surface area contributed by atoms with Gasteiger partial charge in [0, 0.05) is 11.7 Å². The van der Waals surface area contributed by atoms with Gasteiger partial charge in [-0.1, -0.05) is 24.3 Å². The third-order valence-corrected chi connectivity index (χ3v) is 4.17. The van der Waals surface area contributed by atoms with E-state index >= 15 is 0 Å². The van der Waals surface area contributed by atoms with E-state index in [0.29, 0.717) is 0 Å². The van der Waals surface area contributed by atoms with Crippen LogP contribution in [0.5, 0.6) is 0 Å². The monoisotopic (exact) mass is 291 g/mol. The largest absolute Gasteiger partial charge is 0.497 e. The minimum atomic E-state index is -0.358. The molecule has 0 amide bonds. The second-order valence-corrected chi connectivity index (χ2v) is 6.01. The SMILES string of the molecule is CC1(C)OB(c2cccc3cccnc23)OC1(C)C.Cl. The van der Waals surface area contributed by atoms with Crippen LogP contribution in [-0.4, -0.2) is 23.3 Å². The second-order valence-electron chi connectivity index (χ2n) is 6.01. The third-order valence-electron chi connectivity index (χ3n) is 4.17. The van der Waals surface area contributed by atoms with Crippen LogP contribution >= 0.6 is 12.4 Å². The molecule has 5 heteroatoms. The van der Waals surface area contributed by atoms with Crippen molar-refractivity contribution in [2.24, 2.45) is 0 Å². The maximum Gasteiger partial charge on any atom is 0.497 e. The molecule has 0 unspecified atom stereocenters. The molecule has 1 aromatic carbocycles. The van der Waals surface area contributed by atoms with E-state index in [1.54, 1.807) is 6.20 Å². The molecule has 1 fully saturated rings. The molecule has 0 saturated carbocycles. The Kier molecular flexibility index (Phi) is 3.84. The number of nitrogens with zero attached hydrogens (tertiary/aromatic N) is 1. The van der Waals surface area contributed by atoms with E-state index in [9.17, 15) is 0 Å². The van der Waals surface area contributed by atoms with E-state index < -0.39 is 0 Å². The smallest absolute Gasteiger partial charge is 0.399 e. The normalized spacial score (nSPS) is 19.9. The molecule has 3 nitrogen and oxygen atoms in total. The maximum atomic E-state index is 6.10. The molecule has 0 radical (unpaired) electrons. The lowest BCUT2D eigenvalue weighted by atomic mass is 9.77. The van der Waals surface area contributed by atoms with Crippen LogP contribution in [0.15, 0.2) is 36.5 Å². The van der Waals surface area contributed by atoms with Gasteiger partial charge < -0.3 is 9.31 Å². The van der Waals surface area contributed by atoms with E-state index in [4.69, 9.17) is 9.31 Å². The van der Waals surface area contributed by atoms with Gasteiger partial charge in [0.25, 0.3) is 0 Å². The van der Waals surface area contributed by atoms with Gasteiger partial charge in [0.1, 0.15) is 0 Å². The van der Waals surface area contributed by atoms with Crippen molar-refractivity contribution in [1.82, 2.24) is 4.98 Å². The van der Waals surface area contributed by atoms with Gasteiger partial charge in [-0.2, -0.15) is 0 Å². The molecule has 106 valence electrons.